The number of benzene rings is 1. The Morgan fingerprint density at radius 2 is 1.89 bits per heavy atom. The van der Waals surface area contributed by atoms with Crippen molar-refractivity contribution >= 4 is 17.7 Å². The van der Waals surface area contributed by atoms with Gasteiger partial charge < -0.3 is 34.8 Å². The van der Waals surface area contributed by atoms with Gasteiger partial charge in [0.25, 0.3) is 0 Å². The first-order valence-electron chi connectivity index (χ1n) is 11.6. The topological polar surface area (TPSA) is 150 Å². The molecule has 38 heavy (non-hydrogen) atoms. The summed E-state index contributed by atoms with van der Waals surface area (Å²) in [6.07, 6.45) is -3.10. The van der Waals surface area contributed by atoms with Gasteiger partial charge in [0.1, 0.15) is 40.7 Å². The van der Waals surface area contributed by atoms with Crippen LogP contribution in [0.2, 0.25) is 0 Å². The van der Waals surface area contributed by atoms with E-state index in [-0.39, 0.29) is 24.4 Å². The number of carbonyl (C=O) groups is 1. The molecule has 3 rings (SSSR count). The molecule has 1 aromatic heterocycles. The predicted octanol–water partition coefficient (Wildman–Crippen LogP) is 0.320. The molecular formula is C23H31F3N4O7S. The fraction of sp³-hybridized carbons (Fsp3) is 0.609. The largest absolute Gasteiger partial charge is 0.394 e. The minimum Gasteiger partial charge on any atom is -0.394 e. The summed E-state index contributed by atoms with van der Waals surface area (Å²) in [5, 5.41) is 49.1. The molecule has 0 unspecified atom stereocenters. The van der Waals surface area contributed by atoms with Crippen molar-refractivity contribution in [2.75, 3.05) is 33.9 Å². The number of rotatable bonds is 10. The number of halogens is 3. The second-order valence-electron chi connectivity index (χ2n) is 9.46. The molecule has 1 fully saturated rings. The van der Waals surface area contributed by atoms with E-state index in [0.29, 0.717) is 0 Å². The third kappa shape index (κ3) is 6.47. The van der Waals surface area contributed by atoms with Crippen LogP contribution in [0, 0.1) is 17.5 Å². The molecule has 2 aromatic rings. The Kier molecular flexibility index (Phi) is 9.78. The number of aliphatic hydroxyl groups excluding tert-OH is 3. The summed E-state index contributed by atoms with van der Waals surface area (Å²) in [6, 6.07) is 0.162. The van der Waals surface area contributed by atoms with Gasteiger partial charge in [0, 0.05) is 26.3 Å². The highest BCUT2D eigenvalue weighted by Gasteiger charge is 2.49. The normalized spacial score (nSPS) is 24.9. The number of thioether (sulfide) groups is 1. The molecule has 0 bridgehead atoms. The highest BCUT2D eigenvalue weighted by molar-refractivity contribution is 8.01. The molecule has 1 aromatic carbocycles. The second kappa shape index (κ2) is 12.3. The van der Waals surface area contributed by atoms with E-state index in [1.165, 1.54) is 39.1 Å². The van der Waals surface area contributed by atoms with Gasteiger partial charge in [-0.1, -0.05) is 5.21 Å². The Balaban J connectivity index is 1.91. The fourth-order valence-corrected chi connectivity index (χ4v) is 5.38. The van der Waals surface area contributed by atoms with Gasteiger partial charge in [0.05, 0.1) is 25.0 Å². The zero-order valence-electron chi connectivity index (χ0n) is 21.2. The van der Waals surface area contributed by atoms with Crippen LogP contribution in [0.3, 0.4) is 0 Å². The number of ether oxygens (including phenoxy) is 2. The second-order valence-corrected chi connectivity index (χ2v) is 10.7. The van der Waals surface area contributed by atoms with Gasteiger partial charge in [0.2, 0.25) is 5.91 Å². The van der Waals surface area contributed by atoms with Crippen LogP contribution >= 0.6 is 11.8 Å². The number of carbonyl (C=O) groups excluding carboxylic acids is 1. The monoisotopic (exact) mass is 564 g/mol. The molecule has 1 saturated heterocycles. The molecule has 212 valence electrons. The van der Waals surface area contributed by atoms with Crippen molar-refractivity contribution in [3.8, 4) is 11.3 Å². The van der Waals surface area contributed by atoms with Crippen molar-refractivity contribution in [2.45, 2.75) is 54.5 Å². The summed E-state index contributed by atoms with van der Waals surface area (Å²) in [4.78, 5) is 14.5. The van der Waals surface area contributed by atoms with Crippen LogP contribution in [0.4, 0.5) is 13.2 Å². The highest BCUT2D eigenvalue weighted by atomic mass is 32.2. The third-order valence-corrected chi connectivity index (χ3v) is 7.80. The summed E-state index contributed by atoms with van der Waals surface area (Å²) in [7, 11) is 3.01. The lowest BCUT2D eigenvalue weighted by molar-refractivity contribution is -0.179. The Labute approximate surface area is 221 Å². The molecule has 0 aliphatic carbocycles. The summed E-state index contributed by atoms with van der Waals surface area (Å²) < 4.78 is 52.5. The average molecular weight is 565 g/mol. The summed E-state index contributed by atoms with van der Waals surface area (Å²) in [5.74, 6) is -4.99. The molecule has 15 heteroatoms. The minimum atomic E-state index is -1.65. The van der Waals surface area contributed by atoms with Gasteiger partial charge >= 0.3 is 0 Å². The lowest BCUT2D eigenvalue weighted by Gasteiger charge is -2.43. The van der Waals surface area contributed by atoms with Gasteiger partial charge in [-0.15, -0.1) is 16.9 Å². The number of likely N-dealkylation sites (N-methyl/N-ethyl adjacent to an activating group) is 1. The van der Waals surface area contributed by atoms with E-state index < -0.39 is 70.6 Å². The number of aromatic nitrogens is 3. The van der Waals surface area contributed by atoms with Crippen LogP contribution in [-0.2, 0) is 14.3 Å². The Morgan fingerprint density at radius 3 is 2.45 bits per heavy atom. The third-order valence-electron chi connectivity index (χ3n) is 6.09. The van der Waals surface area contributed by atoms with Crippen molar-refractivity contribution in [1.82, 2.24) is 19.9 Å². The van der Waals surface area contributed by atoms with E-state index in [0.717, 1.165) is 28.6 Å². The van der Waals surface area contributed by atoms with Gasteiger partial charge in [-0.05, 0) is 26.0 Å². The smallest absolute Gasteiger partial charge is 0.238 e. The molecule has 0 spiro atoms. The van der Waals surface area contributed by atoms with E-state index in [1.807, 2.05) is 0 Å². The first kappa shape index (κ1) is 30.3. The van der Waals surface area contributed by atoms with E-state index in [1.54, 1.807) is 0 Å². The maximum Gasteiger partial charge on any atom is 0.238 e. The van der Waals surface area contributed by atoms with Crippen LogP contribution in [0.25, 0.3) is 11.3 Å². The molecule has 1 amide bonds. The Morgan fingerprint density at radius 1 is 1.26 bits per heavy atom. The van der Waals surface area contributed by atoms with E-state index in [9.17, 15) is 38.4 Å². The predicted molar refractivity (Wildman–Crippen MR) is 129 cm³/mol. The van der Waals surface area contributed by atoms with Crippen LogP contribution in [0.15, 0.2) is 18.3 Å². The number of hydrogen-bond acceptors (Lipinski definition) is 10. The average Bonchev–Trinajstić information content (AvgIpc) is 3.33. The van der Waals surface area contributed by atoms with E-state index in [2.05, 4.69) is 10.3 Å². The Hall–Kier alpha value is -2.27. The van der Waals surface area contributed by atoms with Crippen molar-refractivity contribution in [1.29, 1.82) is 0 Å². The van der Waals surface area contributed by atoms with Gasteiger partial charge in [-0.25, -0.2) is 17.9 Å². The minimum absolute atomic E-state index is 0.0808. The number of methoxy groups -OCH3 is 1. The van der Waals surface area contributed by atoms with E-state index >= 15 is 0 Å². The maximum atomic E-state index is 13.7. The molecule has 0 radical (unpaired) electrons. The SMILES string of the molecule is COCCN(C)C(=O)[C@@H](S[C@@H]1O[C@H](CO)[C@H](O)[C@H](n2cc(-c3cc(F)c(F)c(F)c3)nn2)[C@H]1O)C(C)(C)O. The number of nitrogens with zero attached hydrogens (tertiary/aromatic N) is 4. The fourth-order valence-electron chi connectivity index (χ4n) is 3.95. The molecular weight excluding hydrogens is 533 g/mol. The first-order chi connectivity index (χ1) is 17.8. The summed E-state index contributed by atoms with van der Waals surface area (Å²) in [6.45, 7) is 2.67. The van der Waals surface area contributed by atoms with Gasteiger partial charge in [-0.3, -0.25) is 4.79 Å². The Bertz CT molecular complexity index is 1100. The zero-order chi connectivity index (χ0) is 28.4. The van der Waals surface area contributed by atoms with Gasteiger partial charge in [-0.2, -0.15) is 0 Å². The lowest BCUT2D eigenvalue weighted by Crippen LogP contribution is -2.57. The zero-order valence-corrected chi connectivity index (χ0v) is 22.0. The molecule has 0 saturated carbocycles. The van der Waals surface area contributed by atoms with Crippen LogP contribution in [-0.4, -0.2) is 115 Å². The molecule has 2 heterocycles. The number of hydrogen-bond donors (Lipinski definition) is 4. The van der Waals surface area contributed by atoms with Crippen molar-refractivity contribution in [2.24, 2.45) is 0 Å². The molecule has 6 atom stereocenters. The number of amides is 1. The van der Waals surface area contributed by atoms with Crippen molar-refractivity contribution in [3.05, 3.63) is 35.8 Å². The highest BCUT2D eigenvalue weighted by Crippen LogP contribution is 2.39. The van der Waals surface area contributed by atoms with Crippen LogP contribution in [0.5, 0.6) is 0 Å². The molecule has 11 nitrogen and oxygen atoms in total. The summed E-state index contributed by atoms with van der Waals surface area (Å²) >= 11 is 0.800. The maximum absolute atomic E-state index is 13.7. The molecule has 1 aliphatic rings. The van der Waals surface area contributed by atoms with Crippen LogP contribution < -0.4 is 0 Å². The standard InChI is InChI=1S/C23H31F3N4O7S/c1-23(2,35)20(21(34)29(3)5-6-36-4)38-22-19(33)17(18(32)15(10-31)37-22)30-9-14(27-28-30)11-7-12(24)16(26)13(25)8-11/h7-9,15,17-20,22,31-33,35H,5-6,10H2,1-4H3/t15-,17+,18+,19-,20-,22+/m1/s1. The van der Waals surface area contributed by atoms with E-state index in [4.69, 9.17) is 9.47 Å². The first-order valence-corrected chi connectivity index (χ1v) is 12.5. The number of aliphatic hydroxyl groups is 4. The summed E-state index contributed by atoms with van der Waals surface area (Å²) in [5.41, 5.74) is -3.02. The van der Waals surface area contributed by atoms with Crippen LogP contribution in [0.1, 0.15) is 19.9 Å². The molecule has 1 aliphatic heterocycles. The molecule has 4 N–H and O–H groups in total. The van der Waals surface area contributed by atoms with Crippen molar-refractivity contribution in [3.63, 3.8) is 0 Å². The quantitative estimate of drug-likeness (QED) is 0.297. The van der Waals surface area contributed by atoms with Gasteiger partial charge in [0.15, 0.2) is 17.5 Å². The van der Waals surface area contributed by atoms with Crippen molar-refractivity contribution < 1.29 is 47.9 Å². The lowest BCUT2D eigenvalue weighted by atomic mass is 9.97.